The highest BCUT2D eigenvalue weighted by Crippen LogP contribution is 2.38. The summed E-state index contributed by atoms with van der Waals surface area (Å²) < 4.78 is 56.2. The molecule has 0 aromatic heterocycles. The second-order valence-electron chi connectivity index (χ2n) is 9.68. The molecule has 0 saturated carbocycles. The van der Waals surface area contributed by atoms with Crippen LogP contribution in [0.3, 0.4) is 0 Å². The summed E-state index contributed by atoms with van der Waals surface area (Å²) in [5.74, 6) is -0.122. The highest BCUT2D eigenvalue weighted by molar-refractivity contribution is 7.90. The van der Waals surface area contributed by atoms with Crippen LogP contribution in [0.15, 0.2) is 88.8 Å². The van der Waals surface area contributed by atoms with Crippen molar-refractivity contribution in [3.63, 3.8) is 0 Å². The van der Waals surface area contributed by atoms with Gasteiger partial charge in [0.05, 0.1) is 22.8 Å². The minimum atomic E-state index is -4.04. The van der Waals surface area contributed by atoms with Gasteiger partial charge in [-0.15, -0.1) is 9.69 Å². The summed E-state index contributed by atoms with van der Waals surface area (Å²) in [6, 6.07) is 21.7. The van der Waals surface area contributed by atoms with Gasteiger partial charge < -0.3 is 0 Å². The molecule has 3 aromatic carbocycles. The van der Waals surface area contributed by atoms with E-state index in [1.807, 2.05) is 54.1 Å². The Hall–Kier alpha value is -2.92. The van der Waals surface area contributed by atoms with E-state index in [4.69, 9.17) is 23.2 Å². The van der Waals surface area contributed by atoms with Gasteiger partial charge in [0.1, 0.15) is 21.9 Å². The molecule has 0 aliphatic carbocycles. The molecular weight excluding hydrogens is 579 g/mol. The molecule has 2 aliphatic rings. The molecule has 0 saturated heterocycles. The Kier molecular flexibility index (Phi) is 7.49. The van der Waals surface area contributed by atoms with Crippen molar-refractivity contribution in [2.45, 2.75) is 36.4 Å². The lowest BCUT2D eigenvalue weighted by Crippen LogP contribution is -2.53. The van der Waals surface area contributed by atoms with Crippen molar-refractivity contribution < 1.29 is 21.5 Å². The smallest absolute Gasteiger partial charge is 0.258 e. The zero-order valence-corrected chi connectivity index (χ0v) is 24.3. The van der Waals surface area contributed by atoms with E-state index in [1.54, 1.807) is 12.1 Å². The maximum Gasteiger partial charge on any atom is 0.263 e. The van der Waals surface area contributed by atoms with Gasteiger partial charge in [-0.3, -0.25) is 9.71 Å². The predicted molar refractivity (Wildman–Crippen MR) is 155 cm³/mol. The number of hydrazone groups is 1. The number of hydrazine groups is 1. The molecule has 3 unspecified atom stereocenters. The quantitative estimate of drug-likeness (QED) is 0.417. The van der Waals surface area contributed by atoms with E-state index >= 15 is 0 Å². The van der Waals surface area contributed by atoms with Gasteiger partial charge in [0.2, 0.25) is 11.9 Å². The Morgan fingerprint density at radius 3 is 2.10 bits per heavy atom. The molecule has 0 spiro atoms. The molecule has 5 rings (SSSR count). The average Bonchev–Trinajstić information content (AvgIpc) is 3.28. The monoisotopic (exact) mass is 605 g/mol. The molecule has 0 bridgehead atoms. The topological polar surface area (TPSA) is 98.9 Å². The highest BCUT2D eigenvalue weighted by atomic mass is 35.5. The third-order valence-electron chi connectivity index (χ3n) is 6.81. The molecule has 12 heteroatoms. The first-order valence-corrected chi connectivity index (χ1v) is 16.5. The van der Waals surface area contributed by atoms with Gasteiger partial charge >= 0.3 is 0 Å². The average molecular weight is 607 g/mol. The van der Waals surface area contributed by atoms with E-state index < -0.39 is 25.9 Å². The molecule has 39 heavy (non-hydrogen) atoms. The maximum absolute atomic E-state index is 13.4. The maximum atomic E-state index is 13.4. The number of hydrogen-bond acceptors (Lipinski definition) is 6. The van der Waals surface area contributed by atoms with Gasteiger partial charge in [0.25, 0.3) is 15.7 Å². The first-order chi connectivity index (χ1) is 18.4. The Labute approximate surface area is 238 Å². The summed E-state index contributed by atoms with van der Waals surface area (Å²) in [6.45, 7) is 1.90. The molecule has 1 N–H and O–H groups in total. The van der Waals surface area contributed by atoms with Crippen LogP contribution in [0.25, 0.3) is 0 Å². The van der Waals surface area contributed by atoms with Crippen molar-refractivity contribution in [1.29, 1.82) is 0 Å². The Morgan fingerprint density at radius 2 is 1.51 bits per heavy atom. The number of aliphatic imine (C=N–C) groups is 1. The van der Waals surface area contributed by atoms with E-state index in [-0.39, 0.29) is 28.6 Å². The van der Waals surface area contributed by atoms with Crippen LogP contribution in [0.1, 0.15) is 24.9 Å². The van der Waals surface area contributed by atoms with Crippen LogP contribution >= 0.6 is 23.2 Å². The number of halogens is 2. The molecule has 0 radical (unpaired) electrons. The van der Waals surface area contributed by atoms with Gasteiger partial charge in [-0.05, 0) is 54.1 Å². The zero-order valence-electron chi connectivity index (χ0n) is 21.2. The van der Waals surface area contributed by atoms with Crippen LogP contribution < -0.4 is 9.73 Å². The van der Waals surface area contributed by atoms with Crippen molar-refractivity contribution in [2.75, 3.05) is 17.0 Å². The Bertz CT molecular complexity index is 1660. The normalized spacial score (nSPS) is 21.5. The van der Waals surface area contributed by atoms with E-state index in [0.717, 1.165) is 17.5 Å². The summed E-state index contributed by atoms with van der Waals surface area (Å²) in [4.78, 5) is 4.70. The molecule has 2 aliphatic heterocycles. The van der Waals surface area contributed by atoms with Gasteiger partial charge in [-0.2, -0.15) is 0 Å². The molecule has 0 fully saturated rings. The van der Waals surface area contributed by atoms with Gasteiger partial charge in [0.15, 0.2) is 0 Å². The van der Waals surface area contributed by atoms with E-state index in [2.05, 4.69) is 14.7 Å². The lowest BCUT2D eigenvalue weighted by atomic mass is 10.0. The van der Waals surface area contributed by atoms with E-state index in [0.29, 0.717) is 22.2 Å². The van der Waals surface area contributed by atoms with Crippen LogP contribution in [0.2, 0.25) is 10.0 Å². The van der Waals surface area contributed by atoms with Gasteiger partial charge in [-0.1, -0.05) is 53.5 Å². The minimum absolute atomic E-state index is 0.0206. The predicted octanol–water partition coefficient (Wildman–Crippen LogP) is 4.51. The van der Waals surface area contributed by atoms with E-state index in [1.165, 1.54) is 24.3 Å². The first kappa shape index (κ1) is 27.6. The van der Waals surface area contributed by atoms with Gasteiger partial charge in [0, 0.05) is 23.2 Å². The standard InChI is InChI=1S/C27H27Cl2N4O4S2/c1-18-24(17-38(2,34)35)30-27(31-39(36,37)23-14-10-21(29)11-15-23)26-16-25(19-6-4-3-5-7-19)33(32(18)26)22-12-8-20(28)9-13-22/h3-15,18,24-25H,16-17H2,1-2H3,(H,30,31)/q+1. The van der Waals surface area contributed by atoms with Crippen LogP contribution in [0.4, 0.5) is 5.69 Å². The molecule has 3 atom stereocenters. The number of rotatable bonds is 6. The summed E-state index contributed by atoms with van der Waals surface area (Å²) in [5.41, 5.74) is 2.49. The van der Waals surface area contributed by atoms with Gasteiger partial charge in [-0.25, -0.2) is 16.8 Å². The molecule has 2 heterocycles. The van der Waals surface area contributed by atoms with E-state index in [9.17, 15) is 16.8 Å². The fraction of sp³-hybridized carbons (Fsp3) is 0.259. The van der Waals surface area contributed by atoms with Crippen LogP contribution in [0, 0.1) is 0 Å². The highest BCUT2D eigenvalue weighted by Gasteiger charge is 2.51. The van der Waals surface area contributed by atoms with Crippen LogP contribution in [0.5, 0.6) is 0 Å². The second kappa shape index (κ2) is 10.6. The number of benzene rings is 3. The number of hydrogen-bond donors (Lipinski definition) is 1. The molecule has 3 aromatic rings. The lowest BCUT2D eigenvalue weighted by Gasteiger charge is -2.30. The molecule has 8 nitrogen and oxygen atoms in total. The summed E-state index contributed by atoms with van der Waals surface area (Å²) in [5, 5.41) is 3.07. The molecular formula is C27H27Cl2N4O4S2+. The van der Waals surface area contributed by atoms with Crippen molar-refractivity contribution >= 4 is 60.3 Å². The number of sulfone groups is 1. The summed E-state index contributed by atoms with van der Waals surface area (Å²) in [7, 11) is -7.48. The third kappa shape index (κ3) is 5.84. The largest absolute Gasteiger partial charge is 0.263 e. The Balaban J connectivity index is 1.65. The van der Waals surface area contributed by atoms with Crippen molar-refractivity contribution in [3.8, 4) is 0 Å². The fourth-order valence-corrected chi connectivity index (χ4v) is 7.27. The Morgan fingerprint density at radius 1 is 0.923 bits per heavy atom. The minimum Gasteiger partial charge on any atom is -0.258 e. The third-order valence-corrected chi connectivity index (χ3v) is 9.61. The van der Waals surface area contributed by atoms with Crippen LogP contribution in [-0.2, 0) is 19.9 Å². The fourth-order valence-electron chi connectivity index (χ4n) is 5.01. The number of amidine groups is 1. The van der Waals surface area contributed by atoms with Crippen molar-refractivity contribution in [2.24, 2.45) is 4.99 Å². The zero-order chi connectivity index (χ0) is 27.9. The second-order valence-corrected chi connectivity index (χ2v) is 14.4. The molecule has 0 amide bonds. The van der Waals surface area contributed by atoms with Crippen molar-refractivity contribution in [3.05, 3.63) is 94.5 Å². The summed E-state index contributed by atoms with van der Waals surface area (Å²) in [6.07, 6.45) is 1.59. The SMILES string of the molecule is CC1C(CS(C)(=O)=O)N=C(NS(=O)(=O)c2ccc(Cl)cc2)C2=[N+]1N(c1ccc(Cl)cc1)C(c1ccccc1)C2. The first-order valence-electron chi connectivity index (χ1n) is 12.2. The summed E-state index contributed by atoms with van der Waals surface area (Å²) >= 11 is 12.2. The van der Waals surface area contributed by atoms with Crippen LogP contribution in [-0.4, -0.2) is 57.2 Å². The lowest BCUT2D eigenvalue weighted by molar-refractivity contribution is -0.573. The number of sulfonamides is 1. The number of nitrogens with one attached hydrogen (secondary N) is 1. The van der Waals surface area contributed by atoms with Crippen molar-refractivity contribution in [1.82, 2.24) is 4.72 Å². The number of nitrogens with zero attached hydrogens (tertiary/aromatic N) is 3. The molecule has 204 valence electrons. The number of anilines is 1.